The monoisotopic (exact) mass is 910 g/mol. The quantitative estimate of drug-likeness (QED) is 0.136. The lowest BCUT2D eigenvalue weighted by atomic mass is 9.34. The Labute approximate surface area is 394 Å². The highest BCUT2D eigenvalue weighted by Gasteiger charge is 2.69. The average Bonchev–Trinajstić information content (AvgIpc) is 3.26. The van der Waals surface area contributed by atoms with Crippen molar-refractivity contribution in [3.05, 3.63) is 68.8 Å². The van der Waals surface area contributed by atoms with E-state index in [-0.39, 0.29) is 72.2 Å². The molecule has 0 spiro atoms. The molecule has 0 heterocycles. The number of allylic oxidation sites excluding steroid dienone is 4. The van der Waals surface area contributed by atoms with E-state index in [9.17, 15) is 38.8 Å². The molecule has 0 radical (unpaired) electrons. The molecule has 2 aromatic carbocycles. The van der Waals surface area contributed by atoms with Gasteiger partial charge in [0.25, 0.3) is 0 Å². The third-order valence-corrected chi connectivity index (χ3v) is 22.9. The van der Waals surface area contributed by atoms with Crippen LogP contribution in [0.3, 0.4) is 0 Å². The summed E-state index contributed by atoms with van der Waals surface area (Å²) >= 11 is 0. The number of rotatable bonds is 2. The van der Waals surface area contributed by atoms with Crippen molar-refractivity contribution in [2.75, 3.05) is 0 Å². The molecule has 13 atom stereocenters. The van der Waals surface area contributed by atoms with Crippen molar-refractivity contribution in [2.45, 2.75) is 197 Å². The number of halogens is 2. The molecule has 0 bridgehead atoms. The number of carbonyl (C=O) groups excluding carboxylic acids is 2. The van der Waals surface area contributed by atoms with Crippen molar-refractivity contribution in [3.8, 4) is 23.0 Å². The van der Waals surface area contributed by atoms with Gasteiger partial charge in [0, 0.05) is 12.2 Å². The standard InChI is InChI=1S/2C29H39FO3/c2*1-17-18-7-8-21-27(4,19(18)15-20(31)23(17)32)12-14-29(6)22-16-26(3,24(30)33)10-9-25(22,2)11-13-28(21,29)5/h2*8,15,22,31-32H,7,9-14,16H2,1-6H3/t2*22-,25-,26-,27+,28-,29+/m11/s1/i7D;/t7?,22-,25-,26-,27+,28-,29+;m. The highest BCUT2D eigenvalue weighted by molar-refractivity contribution is 5.76. The highest BCUT2D eigenvalue weighted by atomic mass is 19.1. The predicted molar refractivity (Wildman–Crippen MR) is 256 cm³/mol. The molecule has 360 valence electrons. The molecule has 0 saturated heterocycles. The Morgan fingerprint density at radius 1 is 0.545 bits per heavy atom. The predicted octanol–water partition coefficient (Wildman–Crippen LogP) is 14.1. The first-order valence-electron chi connectivity index (χ1n) is 25.8. The summed E-state index contributed by atoms with van der Waals surface area (Å²) in [5.74, 6) is 0.228. The third-order valence-electron chi connectivity index (χ3n) is 22.9. The highest BCUT2D eigenvalue weighted by Crippen LogP contribution is 2.77. The smallest absolute Gasteiger partial charge is 0.307 e. The summed E-state index contributed by atoms with van der Waals surface area (Å²) in [6, 6.07) is 1.17. The van der Waals surface area contributed by atoms with Crippen LogP contribution in [0.5, 0.6) is 23.0 Å². The molecule has 0 amide bonds. The second-order valence-electron chi connectivity index (χ2n) is 25.9. The number of hydrogen-bond acceptors (Lipinski definition) is 6. The lowest BCUT2D eigenvalue weighted by Gasteiger charge is -2.69. The minimum atomic E-state index is -1.17. The summed E-state index contributed by atoms with van der Waals surface area (Å²) in [6.07, 6.45) is 16.9. The molecule has 10 rings (SSSR count). The van der Waals surface area contributed by atoms with Gasteiger partial charge >= 0.3 is 12.1 Å². The van der Waals surface area contributed by atoms with Crippen LogP contribution in [-0.2, 0) is 33.2 Å². The van der Waals surface area contributed by atoms with Crippen LogP contribution in [0.25, 0.3) is 0 Å². The van der Waals surface area contributed by atoms with Crippen molar-refractivity contribution in [1.82, 2.24) is 0 Å². The van der Waals surface area contributed by atoms with Crippen molar-refractivity contribution < 1.29 is 40.2 Å². The fraction of sp³-hybridized carbons (Fsp3) is 0.690. The van der Waals surface area contributed by atoms with Crippen LogP contribution in [-0.4, -0.2) is 32.5 Å². The lowest BCUT2D eigenvalue weighted by molar-refractivity contribution is -0.172. The molecule has 8 aliphatic carbocycles. The first-order chi connectivity index (χ1) is 30.8. The zero-order chi connectivity index (χ0) is 49.2. The maximum absolute atomic E-state index is 14.2. The molecule has 66 heavy (non-hydrogen) atoms. The van der Waals surface area contributed by atoms with E-state index in [4.69, 9.17) is 1.37 Å². The Hall–Kier alpha value is -3.68. The molecule has 4 N–H and O–H groups in total. The number of hydrogen-bond donors (Lipinski definition) is 4. The lowest BCUT2D eigenvalue weighted by Crippen LogP contribution is -2.62. The van der Waals surface area contributed by atoms with Gasteiger partial charge in [-0.05, 0) is 220 Å². The molecule has 6 nitrogen and oxygen atoms in total. The molecule has 8 heteroatoms. The zero-order valence-electron chi connectivity index (χ0n) is 43.0. The van der Waals surface area contributed by atoms with E-state index in [1.54, 1.807) is 19.1 Å². The number of phenolic OH excluding ortho intramolecular Hbond substituents is 4. The minimum absolute atomic E-state index is 0.00752. The fourth-order valence-electron chi connectivity index (χ4n) is 17.5. The van der Waals surface area contributed by atoms with E-state index < -0.39 is 29.3 Å². The van der Waals surface area contributed by atoms with Crippen LogP contribution in [0, 0.1) is 69.0 Å². The first-order valence-corrected chi connectivity index (χ1v) is 25.2. The number of aromatic hydroxyl groups is 4. The van der Waals surface area contributed by atoms with Gasteiger partial charge in [-0.1, -0.05) is 78.7 Å². The average molecular weight is 910 g/mol. The third kappa shape index (κ3) is 5.99. The van der Waals surface area contributed by atoms with E-state index in [1.165, 1.54) is 11.1 Å². The molecule has 6 fully saturated rings. The summed E-state index contributed by atoms with van der Waals surface area (Å²) in [6.45, 7) is 26.1. The van der Waals surface area contributed by atoms with Gasteiger partial charge in [-0.15, -0.1) is 0 Å². The first kappa shape index (κ1) is 46.1. The van der Waals surface area contributed by atoms with Gasteiger partial charge in [-0.25, -0.2) is 0 Å². The summed E-state index contributed by atoms with van der Waals surface area (Å²) in [4.78, 5) is 24.1. The number of fused-ring (bicyclic) bond motifs is 14. The van der Waals surface area contributed by atoms with Gasteiger partial charge in [0.05, 0.1) is 10.8 Å². The SMILES string of the molecule is Cc1c(O)c(O)cc2c1CC=C1[C@@]2(C)CC[C@@]2(C)[C@@H]3C[C@](C)(C(=O)F)CC[C@]3(C)CC[C@]12C.[2H]C1C=C2[C@@](C)(CC[C@@]3(C)[C@@H]4C[C@](C)(C(=O)F)CC[C@]4(C)CC[C@]23C)c2cc(O)c(O)c(C)c21. The second-order valence-corrected chi connectivity index (χ2v) is 25.9. The summed E-state index contributed by atoms with van der Waals surface area (Å²) in [5, 5.41) is 41.7. The molecule has 2 aromatic rings. The van der Waals surface area contributed by atoms with Gasteiger partial charge < -0.3 is 20.4 Å². The van der Waals surface area contributed by atoms with E-state index in [0.29, 0.717) is 37.2 Å². The second kappa shape index (κ2) is 14.4. The van der Waals surface area contributed by atoms with Crippen molar-refractivity contribution in [3.63, 3.8) is 0 Å². The Morgan fingerprint density at radius 3 is 1.35 bits per heavy atom. The van der Waals surface area contributed by atoms with Crippen molar-refractivity contribution in [2.24, 2.45) is 55.2 Å². The van der Waals surface area contributed by atoms with Crippen molar-refractivity contribution >= 4 is 12.1 Å². The largest absolute Gasteiger partial charge is 0.504 e. The molecular weight excluding hydrogens is 831 g/mol. The van der Waals surface area contributed by atoms with Crippen LogP contribution in [0.4, 0.5) is 8.78 Å². The Morgan fingerprint density at radius 2 is 0.924 bits per heavy atom. The Bertz CT molecular complexity index is 2570. The van der Waals surface area contributed by atoms with Crippen LogP contribution in [0.15, 0.2) is 35.4 Å². The molecule has 1 unspecified atom stereocenters. The number of benzene rings is 2. The van der Waals surface area contributed by atoms with E-state index in [0.717, 1.165) is 98.4 Å². The number of carbonyl (C=O) groups is 2. The normalized spacial score (nSPS) is 45.4. The maximum Gasteiger partial charge on any atom is 0.307 e. The van der Waals surface area contributed by atoms with Crippen LogP contribution in [0.1, 0.15) is 194 Å². The number of phenols is 4. The van der Waals surface area contributed by atoms with Gasteiger partial charge in [-0.3, -0.25) is 9.59 Å². The van der Waals surface area contributed by atoms with Crippen molar-refractivity contribution in [1.29, 1.82) is 0 Å². The van der Waals surface area contributed by atoms with Crippen LogP contribution < -0.4 is 0 Å². The summed E-state index contributed by atoms with van der Waals surface area (Å²) in [5.41, 5.74) is 5.67. The van der Waals surface area contributed by atoms with Gasteiger partial charge in [0.1, 0.15) is 0 Å². The molecule has 6 saturated carbocycles. The van der Waals surface area contributed by atoms with E-state index >= 15 is 0 Å². The van der Waals surface area contributed by atoms with Gasteiger partial charge in [0.15, 0.2) is 23.0 Å². The Kier molecular flexibility index (Phi) is 10.1. The Balaban J connectivity index is 0.000000168. The molecular formula is C58H78F2O6. The van der Waals surface area contributed by atoms with Gasteiger partial charge in [-0.2, -0.15) is 8.78 Å². The topological polar surface area (TPSA) is 115 Å². The minimum Gasteiger partial charge on any atom is -0.504 e. The van der Waals surface area contributed by atoms with E-state index in [1.807, 2.05) is 20.8 Å². The van der Waals surface area contributed by atoms with Crippen LogP contribution in [0.2, 0.25) is 0 Å². The molecule has 0 aliphatic heterocycles. The summed E-state index contributed by atoms with van der Waals surface area (Å²) < 4.78 is 37.4. The zero-order valence-corrected chi connectivity index (χ0v) is 42.0. The summed E-state index contributed by atoms with van der Waals surface area (Å²) in [7, 11) is 0. The van der Waals surface area contributed by atoms with Crippen LogP contribution >= 0.6 is 0 Å². The molecule has 0 aromatic heterocycles. The van der Waals surface area contributed by atoms with E-state index in [2.05, 4.69) is 67.5 Å². The molecule has 8 aliphatic rings. The van der Waals surface area contributed by atoms with Gasteiger partial charge in [0.2, 0.25) is 0 Å². The maximum atomic E-state index is 14.2. The fourth-order valence-corrected chi connectivity index (χ4v) is 17.5.